The lowest BCUT2D eigenvalue weighted by molar-refractivity contribution is -0.143. The number of carbonyl (C=O) groups is 1. The topological polar surface area (TPSA) is 65.5 Å². The number of halogens is 8. The average molecular weight is 705 g/mol. The van der Waals surface area contributed by atoms with Gasteiger partial charge in [0.2, 0.25) is 0 Å². The minimum absolute atomic E-state index is 0. The highest BCUT2D eigenvalue weighted by molar-refractivity contribution is 5.95. The van der Waals surface area contributed by atoms with Crippen molar-refractivity contribution in [2.75, 3.05) is 66.1 Å². The van der Waals surface area contributed by atoms with Gasteiger partial charge in [0.1, 0.15) is 5.75 Å². The van der Waals surface area contributed by atoms with Crippen molar-refractivity contribution in [1.29, 1.82) is 0 Å². The molecule has 2 aromatic rings. The third-order valence-electron chi connectivity index (χ3n) is 8.16. The Bertz CT molecular complexity index is 1260. The molecule has 0 spiro atoms. The third kappa shape index (κ3) is 10.4. The van der Waals surface area contributed by atoms with Crippen LogP contribution in [0.5, 0.6) is 5.75 Å². The van der Waals surface area contributed by atoms with Gasteiger partial charge in [0.15, 0.2) is 0 Å². The molecule has 2 aromatic carbocycles. The molecule has 0 aromatic heterocycles. The van der Waals surface area contributed by atoms with Crippen molar-refractivity contribution < 1.29 is 45.7 Å². The maximum Gasteiger partial charge on any atom is 0.416 e. The summed E-state index contributed by atoms with van der Waals surface area (Å²) in [6.45, 7) is 8.62. The predicted molar refractivity (Wildman–Crippen MR) is 166 cm³/mol. The number of hydrogen-bond donors (Lipinski definition) is 1. The molecule has 1 N–H and O–H groups in total. The molecule has 46 heavy (non-hydrogen) atoms. The first kappa shape index (κ1) is 39.9. The summed E-state index contributed by atoms with van der Waals surface area (Å²) in [4.78, 5) is 19.4. The minimum atomic E-state index is -5.06. The molecule has 2 atom stereocenters. The monoisotopic (exact) mass is 703 g/mol. The number of hydrogen-bond acceptors (Lipinski definition) is 6. The Morgan fingerprint density at radius 3 is 2.09 bits per heavy atom. The van der Waals surface area contributed by atoms with Crippen molar-refractivity contribution >= 4 is 30.7 Å². The fraction of sp³-hybridized carbons (Fsp3) is 0.581. The Balaban J connectivity index is 0.00000368. The number of nitrogens with zero attached hydrogens (tertiary/aromatic N) is 3. The van der Waals surface area contributed by atoms with Gasteiger partial charge < -0.3 is 19.5 Å². The summed E-state index contributed by atoms with van der Waals surface area (Å²) in [7, 11) is 1.61. The molecule has 1 amide bonds. The van der Waals surface area contributed by atoms with Crippen molar-refractivity contribution in [3.05, 3.63) is 64.2 Å². The number of phenols is 1. The highest BCUT2D eigenvalue weighted by Crippen LogP contribution is 2.37. The molecule has 0 saturated carbocycles. The van der Waals surface area contributed by atoms with Gasteiger partial charge in [0.25, 0.3) is 5.91 Å². The van der Waals surface area contributed by atoms with E-state index in [0.29, 0.717) is 57.1 Å². The van der Waals surface area contributed by atoms with E-state index in [0.717, 1.165) is 18.7 Å². The molecule has 2 aliphatic heterocycles. The number of aromatic hydroxyl groups is 1. The Labute approximate surface area is 277 Å². The predicted octanol–water partition coefficient (Wildman–Crippen LogP) is 6.11. The molecule has 2 fully saturated rings. The SMILES string of the molecule is COC[C@@H]1CN(CCN2CCN(C(=O)c3cc(C(F)(F)F)cc(C(F)(F)F)c3)[C@H](Cc3ccc(C(C)C)c(O)c3)C2)CCO1.Cl.Cl. The fourth-order valence-corrected chi connectivity index (χ4v) is 5.84. The van der Waals surface area contributed by atoms with Gasteiger partial charge in [-0.1, -0.05) is 26.0 Å². The molecule has 4 rings (SSSR count). The Morgan fingerprint density at radius 1 is 0.935 bits per heavy atom. The van der Waals surface area contributed by atoms with E-state index in [1.165, 1.54) is 4.90 Å². The molecular weight excluding hydrogens is 663 g/mol. The normalized spacial score (nSPS) is 19.9. The van der Waals surface area contributed by atoms with E-state index in [2.05, 4.69) is 9.80 Å². The third-order valence-corrected chi connectivity index (χ3v) is 8.16. The van der Waals surface area contributed by atoms with Gasteiger partial charge in [0, 0.05) is 64.5 Å². The molecule has 0 radical (unpaired) electrons. The van der Waals surface area contributed by atoms with Crippen LogP contribution in [-0.2, 0) is 28.2 Å². The lowest BCUT2D eigenvalue weighted by Gasteiger charge is -2.43. The number of alkyl halides is 6. The van der Waals surface area contributed by atoms with Crippen molar-refractivity contribution in [3.8, 4) is 5.75 Å². The number of ether oxygens (including phenoxy) is 2. The van der Waals surface area contributed by atoms with E-state index >= 15 is 0 Å². The second-order valence-electron chi connectivity index (χ2n) is 11.7. The molecule has 0 bridgehead atoms. The number of amides is 1. The number of methoxy groups -OCH3 is 1. The maximum atomic E-state index is 13.7. The van der Waals surface area contributed by atoms with Crippen LogP contribution >= 0.6 is 24.8 Å². The summed E-state index contributed by atoms with van der Waals surface area (Å²) in [5, 5.41) is 10.6. The van der Waals surface area contributed by atoms with E-state index < -0.39 is 41.0 Å². The summed E-state index contributed by atoms with van der Waals surface area (Å²) >= 11 is 0. The second-order valence-corrected chi connectivity index (χ2v) is 11.7. The summed E-state index contributed by atoms with van der Waals surface area (Å²) in [6, 6.07) is 5.65. The van der Waals surface area contributed by atoms with Gasteiger partial charge >= 0.3 is 12.4 Å². The van der Waals surface area contributed by atoms with E-state index in [1.54, 1.807) is 19.2 Å². The number of morpholine rings is 1. The van der Waals surface area contributed by atoms with Crippen molar-refractivity contribution in [2.24, 2.45) is 0 Å². The highest BCUT2D eigenvalue weighted by atomic mass is 35.5. The molecule has 7 nitrogen and oxygen atoms in total. The van der Waals surface area contributed by atoms with Gasteiger partial charge in [-0.25, -0.2) is 0 Å². The van der Waals surface area contributed by atoms with Crippen LogP contribution in [0.1, 0.15) is 52.4 Å². The van der Waals surface area contributed by atoms with E-state index in [-0.39, 0.29) is 61.6 Å². The van der Waals surface area contributed by atoms with Crippen LogP contribution in [0.3, 0.4) is 0 Å². The first-order chi connectivity index (χ1) is 20.7. The lowest BCUT2D eigenvalue weighted by atomic mass is 9.96. The number of benzene rings is 2. The number of rotatable bonds is 9. The Morgan fingerprint density at radius 2 is 1.54 bits per heavy atom. The summed E-state index contributed by atoms with van der Waals surface area (Å²) in [5.74, 6) is -0.738. The molecule has 2 heterocycles. The second kappa shape index (κ2) is 16.7. The molecule has 260 valence electrons. The molecule has 2 saturated heterocycles. The molecule has 0 unspecified atom stereocenters. The quantitative estimate of drug-likeness (QED) is 0.318. The Kier molecular flexibility index (Phi) is 14.5. The number of carbonyl (C=O) groups excluding carboxylic acids is 1. The molecular formula is C31H41Cl2F6N3O4. The highest BCUT2D eigenvalue weighted by Gasteiger charge is 2.39. The van der Waals surface area contributed by atoms with Gasteiger partial charge in [0.05, 0.1) is 30.4 Å². The summed E-state index contributed by atoms with van der Waals surface area (Å²) in [5.41, 5.74) is -2.28. The first-order valence-electron chi connectivity index (χ1n) is 14.6. The van der Waals surface area contributed by atoms with E-state index in [4.69, 9.17) is 9.47 Å². The summed E-state index contributed by atoms with van der Waals surface area (Å²) in [6.07, 6.45) is -9.91. The van der Waals surface area contributed by atoms with Crippen molar-refractivity contribution in [1.82, 2.24) is 14.7 Å². The number of piperazine rings is 1. The van der Waals surface area contributed by atoms with Crippen LogP contribution in [0, 0.1) is 0 Å². The van der Waals surface area contributed by atoms with Crippen LogP contribution in [0.25, 0.3) is 0 Å². The zero-order valence-corrected chi connectivity index (χ0v) is 27.5. The van der Waals surface area contributed by atoms with Crippen LogP contribution in [0.15, 0.2) is 36.4 Å². The zero-order valence-electron chi connectivity index (χ0n) is 25.9. The van der Waals surface area contributed by atoms with E-state index in [1.807, 2.05) is 19.9 Å². The smallest absolute Gasteiger partial charge is 0.416 e. The average Bonchev–Trinajstić information content (AvgIpc) is 2.95. The lowest BCUT2D eigenvalue weighted by Crippen LogP contribution is -2.57. The van der Waals surface area contributed by atoms with Crippen LogP contribution in [0.2, 0.25) is 0 Å². The zero-order chi connectivity index (χ0) is 32.2. The van der Waals surface area contributed by atoms with Gasteiger partial charge in [-0.15, -0.1) is 24.8 Å². The molecule has 2 aliphatic rings. The van der Waals surface area contributed by atoms with Gasteiger partial charge in [-0.05, 0) is 47.7 Å². The molecule has 15 heteroatoms. The van der Waals surface area contributed by atoms with E-state index in [9.17, 15) is 36.2 Å². The molecule has 0 aliphatic carbocycles. The maximum absolute atomic E-state index is 13.7. The van der Waals surface area contributed by atoms with Crippen molar-refractivity contribution in [3.63, 3.8) is 0 Å². The minimum Gasteiger partial charge on any atom is -0.508 e. The Hall–Kier alpha value is -2.29. The summed E-state index contributed by atoms with van der Waals surface area (Å²) < 4.78 is 92.2. The largest absolute Gasteiger partial charge is 0.508 e. The van der Waals surface area contributed by atoms with Crippen molar-refractivity contribution in [2.45, 2.75) is 50.7 Å². The van der Waals surface area contributed by atoms with Gasteiger partial charge in [-0.2, -0.15) is 26.3 Å². The van der Waals surface area contributed by atoms with Crippen LogP contribution in [-0.4, -0.2) is 104 Å². The van der Waals surface area contributed by atoms with Crippen LogP contribution in [0.4, 0.5) is 26.3 Å². The first-order valence-corrected chi connectivity index (χ1v) is 14.6. The standard InChI is InChI=1S/C31H39F6N3O4.2ClH/c1-20(2)27-5-4-21(13-28(27)41)12-25-17-38(6-7-39-10-11-44-26(18-39)19-43-3)8-9-40(25)29(42)22-14-23(30(32,33)34)16-24(15-22)31(35,36)37;;/h4-5,13-16,20,25-26,41H,6-12,17-19H2,1-3H3;2*1H/t25-,26+;;/m1../s1. The fourth-order valence-electron chi connectivity index (χ4n) is 5.84. The van der Waals surface area contributed by atoms with Gasteiger partial charge in [-0.3, -0.25) is 14.6 Å². The number of phenolic OH excluding ortho intramolecular Hbond substituents is 1. The van der Waals surface area contributed by atoms with Crippen LogP contribution < -0.4 is 0 Å².